The monoisotopic (exact) mass is 211 g/mol. The Morgan fingerprint density at radius 1 is 1.21 bits per heavy atom. The van der Waals surface area contributed by atoms with Crippen molar-refractivity contribution in [3.8, 4) is 0 Å². The third-order valence-electron chi connectivity index (χ3n) is 2.08. The van der Waals surface area contributed by atoms with Gasteiger partial charge in [0.05, 0.1) is 9.20 Å². The molecule has 78 valence electrons. The molecule has 1 aromatic rings. The molecule has 0 aliphatic heterocycles. The highest BCUT2D eigenvalue weighted by Crippen LogP contribution is 1.90. The number of rotatable bonds is 1. The van der Waals surface area contributed by atoms with Gasteiger partial charge >= 0.3 is 0 Å². The van der Waals surface area contributed by atoms with E-state index in [9.17, 15) is 4.79 Å². The van der Waals surface area contributed by atoms with Gasteiger partial charge in [-0.1, -0.05) is 5.57 Å². The zero-order chi connectivity index (χ0) is 10.9. The molecule has 0 fully saturated rings. The zero-order valence-electron chi connectivity index (χ0n) is 9.47. The van der Waals surface area contributed by atoms with E-state index < -0.39 is 0 Å². The molecule has 1 rings (SSSR count). The summed E-state index contributed by atoms with van der Waals surface area (Å²) in [5.41, 5.74) is 2.48. The van der Waals surface area contributed by atoms with Gasteiger partial charge in [0.15, 0.2) is 0 Å². The second-order valence-electron chi connectivity index (χ2n) is 3.79. The van der Waals surface area contributed by atoms with Crippen LogP contribution >= 0.6 is 11.3 Å². The number of hydrogen-bond acceptors (Lipinski definition) is 2. The van der Waals surface area contributed by atoms with Crippen LogP contribution in [0.3, 0.4) is 0 Å². The molecule has 1 aromatic heterocycles. The van der Waals surface area contributed by atoms with Crippen LogP contribution in [0, 0.1) is 0 Å². The fourth-order valence-corrected chi connectivity index (χ4v) is 2.51. The molecule has 0 saturated carbocycles. The lowest BCUT2D eigenvalue weighted by molar-refractivity contribution is 0.720. The highest BCUT2D eigenvalue weighted by molar-refractivity contribution is 7.07. The molecular formula is C11H17NOS. The SMILES string of the molecule is CCn1c(=C(C)C)sc(=C(C)C)c1=O. The van der Waals surface area contributed by atoms with E-state index in [1.165, 1.54) is 5.57 Å². The van der Waals surface area contributed by atoms with Crippen molar-refractivity contribution in [2.45, 2.75) is 41.2 Å². The largest absolute Gasteiger partial charge is 0.299 e. The Kier molecular flexibility index (Phi) is 3.32. The lowest BCUT2D eigenvalue weighted by Gasteiger charge is -1.95. The average Bonchev–Trinajstić information content (AvgIpc) is 2.42. The molecule has 0 atom stereocenters. The van der Waals surface area contributed by atoms with E-state index in [1.807, 2.05) is 39.2 Å². The van der Waals surface area contributed by atoms with Crippen LogP contribution in [0.25, 0.3) is 11.1 Å². The molecule has 0 spiro atoms. The molecule has 0 bridgehead atoms. The number of hydrogen-bond donors (Lipinski definition) is 0. The number of nitrogens with zero attached hydrogens (tertiary/aromatic N) is 1. The Bertz CT molecular complexity index is 496. The van der Waals surface area contributed by atoms with Crippen LogP contribution < -0.4 is 14.8 Å². The quantitative estimate of drug-likeness (QED) is 0.686. The van der Waals surface area contributed by atoms with Crippen LogP contribution in [-0.2, 0) is 6.54 Å². The summed E-state index contributed by atoms with van der Waals surface area (Å²) in [5.74, 6) is 0. The molecule has 0 N–H and O–H groups in total. The van der Waals surface area contributed by atoms with Gasteiger partial charge < -0.3 is 0 Å². The first-order valence-electron chi connectivity index (χ1n) is 4.83. The first kappa shape index (κ1) is 11.2. The maximum atomic E-state index is 11.9. The van der Waals surface area contributed by atoms with Gasteiger partial charge in [-0.3, -0.25) is 9.36 Å². The van der Waals surface area contributed by atoms with E-state index in [-0.39, 0.29) is 5.56 Å². The zero-order valence-corrected chi connectivity index (χ0v) is 10.3. The third-order valence-corrected chi connectivity index (χ3v) is 3.69. The highest BCUT2D eigenvalue weighted by atomic mass is 32.1. The van der Waals surface area contributed by atoms with Gasteiger partial charge in [0.25, 0.3) is 5.56 Å². The van der Waals surface area contributed by atoms with E-state index in [4.69, 9.17) is 0 Å². The molecular weight excluding hydrogens is 194 g/mol. The summed E-state index contributed by atoms with van der Waals surface area (Å²) >= 11 is 1.60. The maximum Gasteiger partial charge on any atom is 0.268 e. The fraction of sp³-hybridized carbons (Fsp3) is 0.545. The van der Waals surface area contributed by atoms with Crippen LogP contribution in [0.5, 0.6) is 0 Å². The van der Waals surface area contributed by atoms with Gasteiger partial charge in [0.2, 0.25) is 0 Å². The Hall–Kier alpha value is -0.830. The van der Waals surface area contributed by atoms with Crippen molar-refractivity contribution in [1.29, 1.82) is 0 Å². The number of aromatic nitrogens is 1. The Balaban J connectivity index is 3.86. The minimum atomic E-state index is 0.161. The van der Waals surface area contributed by atoms with Gasteiger partial charge in [0, 0.05) is 6.54 Å². The van der Waals surface area contributed by atoms with Gasteiger partial charge in [-0.2, -0.15) is 0 Å². The van der Waals surface area contributed by atoms with Crippen molar-refractivity contribution in [3.05, 3.63) is 19.5 Å². The molecule has 0 radical (unpaired) electrons. The first-order valence-corrected chi connectivity index (χ1v) is 5.65. The summed E-state index contributed by atoms with van der Waals surface area (Å²) in [6.45, 7) is 10.8. The summed E-state index contributed by atoms with van der Waals surface area (Å²) in [7, 11) is 0. The standard InChI is InChI=1S/C11H17NOS/c1-6-12-10(13)9(7(2)3)14-11(12)8(4)5/h6H2,1-5H3. The molecule has 1 heterocycles. The highest BCUT2D eigenvalue weighted by Gasteiger charge is 2.03. The normalized spacial score (nSPS) is 10.4. The summed E-state index contributed by atoms with van der Waals surface area (Å²) in [6.07, 6.45) is 0. The Morgan fingerprint density at radius 3 is 2.07 bits per heavy atom. The molecule has 14 heavy (non-hydrogen) atoms. The van der Waals surface area contributed by atoms with E-state index in [2.05, 4.69) is 0 Å². The van der Waals surface area contributed by atoms with Gasteiger partial charge in [-0.25, -0.2) is 0 Å². The summed E-state index contributed by atoms with van der Waals surface area (Å²) < 4.78 is 3.85. The van der Waals surface area contributed by atoms with Gasteiger partial charge in [-0.05, 0) is 40.2 Å². The van der Waals surface area contributed by atoms with Gasteiger partial charge in [-0.15, -0.1) is 11.3 Å². The number of thiazole rings is 1. The van der Waals surface area contributed by atoms with Crippen LogP contribution in [0.15, 0.2) is 4.79 Å². The van der Waals surface area contributed by atoms with Crippen molar-refractivity contribution in [2.24, 2.45) is 0 Å². The Morgan fingerprint density at radius 2 is 1.79 bits per heavy atom. The fourth-order valence-electron chi connectivity index (χ4n) is 1.39. The summed E-state index contributed by atoms with van der Waals surface area (Å²) in [5, 5.41) is 0. The van der Waals surface area contributed by atoms with E-state index in [0.717, 1.165) is 21.3 Å². The molecule has 0 saturated heterocycles. The lowest BCUT2D eigenvalue weighted by atomic mass is 10.3. The predicted octanol–water partition coefficient (Wildman–Crippen LogP) is 1.31. The van der Waals surface area contributed by atoms with Crippen molar-refractivity contribution < 1.29 is 0 Å². The molecule has 0 aromatic carbocycles. The topological polar surface area (TPSA) is 22.0 Å². The molecule has 0 unspecified atom stereocenters. The van der Waals surface area contributed by atoms with E-state index in [0.29, 0.717) is 0 Å². The first-order chi connectivity index (χ1) is 6.49. The molecule has 0 aliphatic carbocycles. The molecule has 0 amide bonds. The van der Waals surface area contributed by atoms with Gasteiger partial charge in [0.1, 0.15) is 0 Å². The third kappa shape index (κ3) is 1.82. The maximum absolute atomic E-state index is 11.9. The minimum absolute atomic E-state index is 0.161. The minimum Gasteiger partial charge on any atom is -0.299 e. The molecule has 3 heteroatoms. The second-order valence-corrected chi connectivity index (χ2v) is 4.78. The van der Waals surface area contributed by atoms with Crippen LogP contribution in [0.4, 0.5) is 0 Å². The van der Waals surface area contributed by atoms with Crippen LogP contribution in [0.2, 0.25) is 0 Å². The second kappa shape index (κ2) is 4.13. The van der Waals surface area contributed by atoms with Crippen molar-refractivity contribution >= 4 is 22.5 Å². The van der Waals surface area contributed by atoms with Crippen molar-refractivity contribution in [2.75, 3.05) is 0 Å². The summed E-state index contributed by atoms with van der Waals surface area (Å²) in [6, 6.07) is 0. The van der Waals surface area contributed by atoms with Crippen LogP contribution in [0.1, 0.15) is 34.6 Å². The average molecular weight is 211 g/mol. The van der Waals surface area contributed by atoms with E-state index >= 15 is 0 Å². The Labute approximate surface area is 88.2 Å². The van der Waals surface area contributed by atoms with E-state index in [1.54, 1.807) is 11.3 Å². The van der Waals surface area contributed by atoms with Crippen LogP contribution in [-0.4, -0.2) is 4.57 Å². The molecule has 0 aliphatic rings. The lowest BCUT2D eigenvalue weighted by Crippen LogP contribution is -2.31. The predicted molar refractivity (Wildman–Crippen MR) is 63.0 cm³/mol. The van der Waals surface area contributed by atoms with Crippen molar-refractivity contribution in [1.82, 2.24) is 4.57 Å². The van der Waals surface area contributed by atoms with Crippen molar-refractivity contribution in [3.63, 3.8) is 0 Å². The smallest absolute Gasteiger partial charge is 0.268 e. The summed E-state index contributed by atoms with van der Waals surface area (Å²) in [4.78, 5) is 11.9. The molecule has 2 nitrogen and oxygen atoms in total.